The maximum Gasteiger partial charge on any atom is 0.0345 e. The van der Waals surface area contributed by atoms with Crippen LogP contribution in [0.4, 0.5) is 0 Å². The first-order chi connectivity index (χ1) is 7.36. The van der Waals surface area contributed by atoms with Crippen molar-refractivity contribution in [1.29, 1.82) is 0 Å². The van der Waals surface area contributed by atoms with E-state index in [1.807, 2.05) is 0 Å². The maximum atomic E-state index is 3.38. The molecule has 0 amide bonds. The van der Waals surface area contributed by atoms with Crippen molar-refractivity contribution in [2.45, 2.75) is 43.8 Å². The summed E-state index contributed by atoms with van der Waals surface area (Å²) in [6.45, 7) is 5.12. The third kappa shape index (κ3) is 1.71. The van der Waals surface area contributed by atoms with Crippen LogP contribution in [0.2, 0.25) is 0 Å². The van der Waals surface area contributed by atoms with Gasteiger partial charge in [-0.2, -0.15) is 0 Å². The van der Waals surface area contributed by atoms with Gasteiger partial charge in [0.1, 0.15) is 0 Å². The molecular formula is C12H23N3. The van der Waals surface area contributed by atoms with E-state index in [9.17, 15) is 0 Å². The summed E-state index contributed by atoms with van der Waals surface area (Å²) in [5, 5.41) is 3.38. The van der Waals surface area contributed by atoms with E-state index in [4.69, 9.17) is 0 Å². The third-order valence-electron chi connectivity index (χ3n) is 4.68. The number of hydrogen-bond donors (Lipinski definition) is 1. The molecule has 2 atom stereocenters. The Kier molecular flexibility index (Phi) is 2.71. The van der Waals surface area contributed by atoms with Gasteiger partial charge in [0, 0.05) is 37.8 Å². The van der Waals surface area contributed by atoms with Crippen molar-refractivity contribution in [2.24, 2.45) is 0 Å². The molecule has 3 nitrogen and oxygen atoms in total. The fourth-order valence-electron chi connectivity index (χ4n) is 3.53. The van der Waals surface area contributed by atoms with Crippen LogP contribution in [0.15, 0.2) is 0 Å². The molecular weight excluding hydrogens is 186 g/mol. The Morgan fingerprint density at radius 2 is 2.00 bits per heavy atom. The normalized spacial score (nSPS) is 38.0. The van der Waals surface area contributed by atoms with Crippen molar-refractivity contribution < 1.29 is 0 Å². The van der Waals surface area contributed by atoms with Crippen molar-refractivity contribution >= 4 is 0 Å². The topological polar surface area (TPSA) is 18.5 Å². The van der Waals surface area contributed by atoms with Crippen LogP contribution in [-0.2, 0) is 0 Å². The summed E-state index contributed by atoms with van der Waals surface area (Å²) < 4.78 is 0. The Morgan fingerprint density at radius 1 is 1.13 bits per heavy atom. The van der Waals surface area contributed by atoms with Crippen molar-refractivity contribution in [2.75, 3.05) is 33.2 Å². The van der Waals surface area contributed by atoms with Gasteiger partial charge in [0.2, 0.25) is 0 Å². The van der Waals surface area contributed by atoms with Crippen molar-refractivity contribution in [3.05, 3.63) is 0 Å². The predicted octanol–water partition coefficient (Wildman–Crippen LogP) is 0.517. The lowest BCUT2D eigenvalue weighted by atomic mass is 9.96. The van der Waals surface area contributed by atoms with Gasteiger partial charge in [-0.05, 0) is 32.9 Å². The summed E-state index contributed by atoms with van der Waals surface area (Å²) in [5.41, 5.74) is 0. The minimum atomic E-state index is 0.817. The molecule has 0 radical (unpaired) electrons. The van der Waals surface area contributed by atoms with Crippen LogP contribution in [0.25, 0.3) is 0 Å². The van der Waals surface area contributed by atoms with Crippen LogP contribution in [0.3, 0.4) is 0 Å². The van der Waals surface area contributed by atoms with E-state index in [0.717, 1.165) is 18.1 Å². The second kappa shape index (κ2) is 4.04. The second-order valence-corrected chi connectivity index (χ2v) is 5.43. The van der Waals surface area contributed by atoms with E-state index in [1.54, 1.807) is 0 Å². The monoisotopic (exact) mass is 209 g/mol. The van der Waals surface area contributed by atoms with Crippen molar-refractivity contribution in [1.82, 2.24) is 15.1 Å². The lowest BCUT2D eigenvalue weighted by Crippen LogP contribution is -2.60. The zero-order valence-corrected chi connectivity index (χ0v) is 9.78. The summed E-state index contributed by atoms with van der Waals surface area (Å²) >= 11 is 0. The smallest absolute Gasteiger partial charge is 0.0345 e. The lowest BCUT2D eigenvalue weighted by molar-refractivity contribution is 0.0812. The van der Waals surface area contributed by atoms with Gasteiger partial charge in [0.25, 0.3) is 0 Å². The van der Waals surface area contributed by atoms with Gasteiger partial charge in [0.15, 0.2) is 0 Å². The summed E-state index contributed by atoms with van der Waals surface area (Å²) in [7, 11) is 2.34. The number of fused-ring (bicyclic) bond motifs is 1. The molecule has 1 N–H and O–H groups in total. The Morgan fingerprint density at radius 3 is 2.73 bits per heavy atom. The molecule has 3 saturated heterocycles. The number of piperidine rings is 1. The highest BCUT2D eigenvalue weighted by atomic mass is 15.3. The number of likely N-dealkylation sites (N-methyl/N-ethyl adjacent to an activating group) is 1. The van der Waals surface area contributed by atoms with Crippen molar-refractivity contribution in [3.8, 4) is 0 Å². The molecule has 0 saturated carbocycles. The summed E-state index contributed by atoms with van der Waals surface area (Å²) in [6, 6.07) is 2.54. The standard InChI is InChI=1S/C12H23N3/c1-14(10-8-13-9-10)11-5-7-15-6-3-2-4-12(11)15/h10-13H,2-9H2,1H3. The molecule has 3 rings (SSSR count). The number of hydrogen-bond acceptors (Lipinski definition) is 3. The SMILES string of the molecule is CN(C1CNC1)C1CCN2CCCCC12. The fraction of sp³-hybridized carbons (Fsp3) is 1.00. The van der Waals surface area contributed by atoms with E-state index in [-0.39, 0.29) is 0 Å². The highest BCUT2D eigenvalue weighted by Crippen LogP contribution is 2.31. The molecule has 3 heteroatoms. The number of nitrogens with one attached hydrogen (secondary N) is 1. The minimum Gasteiger partial charge on any atom is -0.314 e. The molecule has 86 valence electrons. The molecule has 0 aliphatic carbocycles. The largest absolute Gasteiger partial charge is 0.314 e. The van der Waals surface area contributed by atoms with Gasteiger partial charge in [-0.15, -0.1) is 0 Å². The first-order valence-corrected chi connectivity index (χ1v) is 6.53. The molecule has 3 aliphatic rings. The molecule has 0 aromatic heterocycles. The second-order valence-electron chi connectivity index (χ2n) is 5.43. The van der Waals surface area contributed by atoms with E-state index in [0.29, 0.717) is 0 Å². The Labute approximate surface area is 92.8 Å². The van der Waals surface area contributed by atoms with Crippen LogP contribution >= 0.6 is 0 Å². The maximum absolute atomic E-state index is 3.38. The van der Waals surface area contributed by atoms with E-state index < -0.39 is 0 Å². The van der Waals surface area contributed by atoms with Crippen molar-refractivity contribution in [3.63, 3.8) is 0 Å². The Bertz CT molecular complexity index is 227. The molecule has 3 aliphatic heterocycles. The number of rotatable bonds is 2. The zero-order chi connectivity index (χ0) is 10.3. The van der Waals surface area contributed by atoms with E-state index >= 15 is 0 Å². The Hall–Kier alpha value is -0.120. The van der Waals surface area contributed by atoms with Gasteiger partial charge in [-0.25, -0.2) is 0 Å². The third-order valence-corrected chi connectivity index (χ3v) is 4.68. The minimum absolute atomic E-state index is 0.817. The molecule has 0 aromatic rings. The molecule has 3 fully saturated rings. The molecule has 3 heterocycles. The van der Waals surface area contributed by atoms with Gasteiger partial charge >= 0.3 is 0 Å². The highest BCUT2D eigenvalue weighted by Gasteiger charge is 2.40. The fourth-order valence-corrected chi connectivity index (χ4v) is 3.53. The molecule has 0 spiro atoms. The highest BCUT2D eigenvalue weighted by molar-refractivity contribution is 4.98. The van der Waals surface area contributed by atoms with Gasteiger partial charge < -0.3 is 5.32 Å². The first-order valence-electron chi connectivity index (χ1n) is 6.53. The predicted molar refractivity (Wildman–Crippen MR) is 62.0 cm³/mol. The summed E-state index contributed by atoms with van der Waals surface area (Å²) in [4.78, 5) is 5.39. The van der Waals surface area contributed by atoms with E-state index in [2.05, 4.69) is 22.2 Å². The molecule has 2 unspecified atom stereocenters. The average molecular weight is 209 g/mol. The molecule has 15 heavy (non-hydrogen) atoms. The summed E-state index contributed by atoms with van der Waals surface area (Å²) in [5.74, 6) is 0. The van der Waals surface area contributed by atoms with Crippen LogP contribution in [0.5, 0.6) is 0 Å². The van der Waals surface area contributed by atoms with Gasteiger partial charge in [-0.1, -0.05) is 6.42 Å². The van der Waals surface area contributed by atoms with E-state index in [1.165, 1.54) is 51.9 Å². The first kappa shape index (κ1) is 10.1. The molecule has 0 aromatic carbocycles. The quantitative estimate of drug-likeness (QED) is 0.715. The number of nitrogens with zero attached hydrogens (tertiary/aromatic N) is 2. The molecule has 0 bridgehead atoms. The lowest BCUT2D eigenvalue weighted by Gasteiger charge is -2.43. The van der Waals surface area contributed by atoms with Crippen LogP contribution in [0, 0.1) is 0 Å². The zero-order valence-electron chi connectivity index (χ0n) is 9.78. The van der Waals surface area contributed by atoms with Crippen LogP contribution < -0.4 is 5.32 Å². The van der Waals surface area contributed by atoms with Crippen LogP contribution in [0.1, 0.15) is 25.7 Å². The van der Waals surface area contributed by atoms with Gasteiger partial charge in [-0.3, -0.25) is 9.80 Å². The summed E-state index contributed by atoms with van der Waals surface area (Å²) in [6.07, 6.45) is 5.72. The van der Waals surface area contributed by atoms with Gasteiger partial charge in [0.05, 0.1) is 0 Å². The Balaban J connectivity index is 1.65. The van der Waals surface area contributed by atoms with Crippen LogP contribution in [-0.4, -0.2) is 61.2 Å². The average Bonchev–Trinajstić information content (AvgIpc) is 2.58.